The number of likely N-dealkylation sites (tertiary alicyclic amines) is 1. The first-order chi connectivity index (χ1) is 9.22. The zero-order chi connectivity index (χ0) is 13.7. The molecule has 1 saturated carbocycles. The van der Waals surface area contributed by atoms with Crippen molar-refractivity contribution in [3.63, 3.8) is 0 Å². The van der Waals surface area contributed by atoms with Gasteiger partial charge in [-0.05, 0) is 70.3 Å². The van der Waals surface area contributed by atoms with Crippen LogP contribution in [0.5, 0.6) is 0 Å². The minimum Gasteiger partial charge on any atom is -0.311 e. The van der Waals surface area contributed by atoms with Gasteiger partial charge in [0.25, 0.3) is 0 Å². The van der Waals surface area contributed by atoms with Gasteiger partial charge in [0.2, 0.25) is 0 Å². The van der Waals surface area contributed by atoms with Crippen LogP contribution in [0.1, 0.15) is 52.9 Å². The predicted molar refractivity (Wildman–Crippen MR) is 87.0 cm³/mol. The van der Waals surface area contributed by atoms with Gasteiger partial charge in [-0.15, -0.1) is 0 Å². The molecule has 0 bridgehead atoms. The van der Waals surface area contributed by atoms with E-state index in [9.17, 15) is 0 Å². The van der Waals surface area contributed by atoms with E-state index in [-0.39, 0.29) is 0 Å². The molecule has 0 amide bonds. The van der Waals surface area contributed by atoms with Gasteiger partial charge in [-0.25, -0.2) is 0 Å². The Hall–Kier alpha value is 0.270. The summed E-state index contributed by atoms with van der Waals surface area (Å²) < 4.78 is 0. The summed E-state index contributed by atoms with van der Waals surface area (Å²) in [6.45, 7) is 10.8. The Morgan fingerprint density at radius 2 is 1.89 bits per heavy atom. The molecule has 1 N–H and O–H groups in total. The Bertz CT molecular complexity index is 251. The van der Waals surface area contributed by atoms with Crippen LogP contribution in [0.15, 0.2) is 0 Å². The topological polar surface area (TPSA) is 15.3 Å². The maximum Gasteiger partial charge on any atom is 0.00805 e. The van der Waals surface area contributed by atoms with Gasteiger partial charge in [-0.1, -0.05) is 13.8 Å². The van der Waals surface area contributed by atoms with Crippen LogP contribution in [-0.4, -0.2) is 47.6 Å². The van der Waals surface area contributed by atoms with E-state index in [1.165, 1.54) is 57.5 Å². The second-order valence-electron chi connectivity index (χ2n) is 6.31. The van der Waals surface area contributed by atoms with E-state index >= 15 is 0 Å². The highest BCUT2D eigenvalue weighted by Crippen LogP contribution is 2.31. The maximum atomic E-state index is 3.94. The average molecular weight is 285 g/mol. The van der Waals surface area contributed by atoms with Gasteiger partial charge in [-0.3, -0.25) is 0 Å². The van der Waals surface area contributed by atoms with E-state index in [2.05, 4.69) is 42.7 Å². The molecule has 2 aliphatic rings. The number of nitrogens with zero attached hydrogens (tertiary/aromatic N) is 1. The van der Waals surface area contributed by atoms with Crippen molar-refractivity contribution >= 4 is 11.8 Å². The lowest BCUT2D eigenvalue weighted by molar-refractivity contribution is 0.164. The summed E-state index contributed by atoms with van der Waals surface area (Å²) in [6.07, 6.45) is 7.01. The lowest BCUT2D eigenvalue weighted by Gasteiger charge is -2.35. The Labute approximate surface area is 124 Å². The monoisotopic (exact) mass is 284 g/mol. The summed E-state index contributed by atoms with van der Waals surface area (Å²) in [7, 11) is 0. The van der Waals surface area contributed by atoms with Crippen LogP contribution in [0, 0.1) is 5.92 Å². The number of rotatable bonds is 6. The Balaban J connectivity index is 1.68. The molecule has 3 heteroatoms. The number of thioether (sulfide) groups is 1. The molecule has 19 heavy (non-hydrogen) atoms. The van der Waals surface area contributed by atoms with Crippen LogP contribution < -0.4 is 5.32 Å². The summed E-state index contributed by atoms with van der Waals surface area (Å²) in [5, 5.41) is 4.87. The molecular weight excluding hydrogens is 252 g/mol. The first kappa shape index (κ1) is 15.7. The minimum atomic E-state index is 0.717. The maximum absolute atomic E-state index is 3.94. The van der Waals surface area contributed by atoms with Crippen molar-refractivity contribution in [2.75, 3.05) is 25.4 Å². The molecule has 1 saturated heterocycles. The normalized spacial score (nSPS) is 31.7. The van der Waals surface area contributed by atoms with Gasteiger partial charge in [0, 0.05) is 17.3 Å². The third kappa shape index (κ3) is 4.64. The molecule has 1 aliphatic heterocycles. The highest BCUT2D eigenvalue weighted by molar-refractivity contribution is 7.99. The van der Waals surface area contributed by atoms with Crippen LogP contribution in [0.4, 0.5) is 0 Å². The van der Waals surface area contributed by atoms with E-state index in [1.807, 2.05) is 0 Å². The molecular formula is C16H32N2S. The van der Waals surface area contributed by atoms with Gasteiger partial charge in [-0.2, -0.15) is 11.8 Å². The Morgan fingerprint density at radius 1 is 1.16 bits per heavy atom. The van der Waals surface area contributed by atoms with E-state index in [0.29, 0.717) is 0 Å². The van der Waals surface area contributed by atoms with Crippen LogP contribution >= 0.6 is 11.8 Å². The minimum absolute atomic E-state index is 0.717. The highest BCUT2D eigenvalue weighted by Gasteiger charge is 2.29. The highest BCUT2D eigenvalue weighted by atomic mass is 32.2. The fourth-order valence-corrected chi connectivity index (χ4v) is 4.90. The summed E-state index contributed by atoms with van der Waals surface area (Å²) in [6, 6.07) is 1.51. The molecule has 112 valence electrons. The quantitative estimate of drug-likeness (QED) is 0.805. The SMILES string of the molecule is CCSC1CCC(NC(C)C2CCN(CC)CC2)C1. The first-order valence-corrected chi connectivity index (χ1v) is 9.37. The number of piperidine rings is 1. The summed E-state index contributed by atoms with van der Waals surface area (Å²) in [5.74, 6) is 2.18. The van der Waals surface area contributed by atoms with Gasteiger partial charge in [0.15, 0.2) is 0 Å². The van der Waals surface area contributed by atoms with Crippen molar-refractivity contribution in [2.24, 2.45) is 5.92 Å². The predicted octanol–water partition coefficient (Wildman–Crippen LogP) is 3.37. The largest absolute Gasteiger partial charge is 0.311 e. The molecule has 0 aromatic heterocycles. The fraction of sp³-hybridized carbons (Fsp3) is 1.00. The van der Waals surface area contributed by atoms with E-state index in [0.717, 1.165) is 23.3 Å². The summed E-state index contributed by atoms with van der Waals surface area (Å²) >= 11 is 2.16. The van der Waals surface area contributed by atoms with Gasteiger partial charge in [0.05, 0.1) is 0 Å². The van der Waals surface area contributed by atoms with Crippen molar-refractivity contribution in [1.82, 2.24) is 10.2 Å². The zero-order valence-corrected chi connectivity index (χ0v) is 13.8. The van der Waals surface area contributed by atoms with Crippen molar-refractivity contribution in [2.45, 2.75) is 70.2 Å². The van der Waals surface area contributed by atoms with Crippen LogP contribution in [-0.2, 0) is 0 Å². The molecule has 2 rings (SSSR count). The standard InChI is InChI=1S/C16H32N2S/c1-4-18-10-8-14(9-11-18)13(3)17-15-6-7-16(12-15)19-5-2/h13-17H,4-12H2,1-3H3. The second kappa shape index (κ2) is 7.90. The zero-order valence-electron chi connectivity index (χ0n) is 13.0. The average Bonchev–Trinajstić information content (AvgIpc) is 2.86. The van der Waals surface area contributed by atoms with E-state index in [1.54, 1.807) is 0 Å². The Morgan fingerprint density at radius 3 is 2.53 bits per heavy atom. The molecule has 1 aliphatic carbocycles. The van der Waals surface area contributed by atoms with Gasteiger partial charge >= 0.3 is 0 Å². The lowest BCUT2D eigenvalue weighted by Crippen LogP contribution is -2.44. The van der Waals surface area contributed by atoms with Crippen LogP contribution in [0.2, 0.25) is 0 Å². The third-order valence-corrected chi connectivity index (χ3v) is 6.30. The second-order valence-corrected chi connectivity index (χ2v) is 7.89. The van der Waals surface area contributed by atoms with Crippen molar-refractivity contribution < 1.29 is 0 Å². The molecule has 2 nitrogen and oxygen atoms in total. The molecule has 3 unspecified atom stereocenters. The molecule has 0 aromatic rings. The molecule has 3 atom stereocenters. The van der Waals surface area contributed by atoms with Crippen LogP contribution in [0.25, 0.3) is 0 Å². The molecule has 1 heterocycles. The van der Waals surface area contributed by atoms with Gasteiger partial charge in [0.1, 0.15) is 0 Å². The molecule has 0 aromatic carbocycles. The van der Waals surface area contributed by atoms with Crippen molar-refractivity contribution in [3.8, 4) is 0 Å². The molecule has 0 spiro atoms. The Kier molecular flexibility index (Phi) is 6.51. The molecule has 2 fully saturated rings. The van der Waals surface area contributed by atoms with Crippen molar-refractivity contribution in [3.05, 3.63) is 0 Å². The number of nitrogens with one attached hydrogen (secondary N) is 1. The summed E-state index contributed by atoms with van der Waals surface area (Å²) in [5.41, 5.74) is 0. The molecule has 0 radical (unpaired) electrons. The number of hydrogen-bond donors (Lipinski definition) is 1. The summed E-state index contributed by atoms with van der Waals surface area (Å²) in [4.78, 5) is 2.59. The smallest absolute Gasteiger partial charge is 0.00805 e. The van der Waals surface area contributed by atoms with Crippen molar-refractivity contribution in [1.29, 1.82) is 0 Å². The first-order valence-electron chi connectivity index (χ1n) is 8.32. The number of hydrogen-bond acceptors (Lipinski definition) is 3. The van der Waals surface area contributed by atoms with E-state index < -0.39 is 0 Å². The van der Waals surface area contributed by atoms with Crippen LogP contribution in [0.3, 0.4) is 0 Å². The van der Waals surface area contributed by atoms with E-state index in [4.69, 9.17) is 0 Å². The third-order valence-electron chi connectivity index (χ3n) is 5.07. The van der Waals surface area contributed by atoms with Gasteiger partial charge < -0.3 is 10.2 Å². The lowest BCUT2D eigenvalue weighted by atomic mass is 9.90. The fourth-order valence-electron chi connectivity index (χ4n) is 3.76.